The highest BCUT2D eigenvalue weighted by Gasteiger charge is 2.04. The Hall–Kier alpha value is -1.73. The van der Waals surface area contributed by atoms with Gasteiger partial charge in [0.1, 0.15) is 0 Å². The van der Waals surface area contributed by atoms with Crippen molar-refractivity contribution in [3.63, 3.8) is 0 Å². The number of carbonyl (C=O) groups is 2. The van der Waals surface area contributed by atoms with Gasteiger partial charge in [-0.15, -0.1) is 0 Å². The Morgan fingerprint density at radius 1 is 1.20 bits per heavy atom. The van der Waals surface area contributed by atoms with E-state index in [-0.39, 0.29) is 5.91 Å². The van der Waals surface area contributed by atoms with Crippen molar-refractivity contribution in [2.75, 3.05) is 20.3 Å². The summed E-state index contributed by atoms with van der Waals surface area (Å²) in [6.07, 6.45) is 0.190. The van der Waals surface area contributed by atoms with Crippen LogP contribution >= 0.6 is 12.8 Å². The van der Waals surface area contributed by atoms with Crippen LogP contribution in [0.5, 0.6) is 0 Å². The molecule has 1 aromatic carbocycles. The lowest BCUT2D eigenvalue weighted by Gasteiger charge is -2.07. The van der Waals surface area contributed by atoms with Crippen LogP contribution in [0.1, 0.15) is 22.3 Å². The second-order valence-corrected chi connectivity index (χ2v) is 4.20. The summed E-state index contributed by atoms with van der Waals surface area (Å²) < 4.78 is 12.0. The maximum atomic E-state index is 11.4. The van der Waals surface area contributed by atoms with E-state index in [1.807, 2.05) is 0 Å². The molecule has 0 aliphatic carbocycles. The largest absolute Gasteiger partial charge is 0.449 e. The first-order valence-corrected chi connectivity index (χ1v) is 6.55. The van der Waals surface area contributed by atoms with Crippen molar-refractivity contribution in [2.45, 2.75) is 13.0 Å². The standard InChI is InChI=1S/C13H18N2O4S/c1-18-7-2-8-19-13(17)14-9-10-3-5-11(6-4-10)12(16)15-20/h3-6,20H,2,7-9H2,1H3,(H,14,17)(H,15,16). The fourth-order valence-corrected chi connectivity index (χ4v) is 1.56. The van der Waals surface area contributed by atoms with Gasteiger partial charge in [0.05, 0.1) is 6.61 Å². The van der Waals surface area contributed by atoms with Crippen molar-refractivity contribution in [3.05, 3.63) is 35.4 Å². The Balaban J connectivity index is 2.31. The molecule has 2 amide bonds. The second kappa shape index (κ2) is 9.22. The number of nitrogens with one attached hydrogen (secondary N) is 2. The van der Waals surface area contributed by atoms with E-state index in [9.17, 15) is 9.59 Å². The van der Waals surface area contributed by atoms with E-state index in [1.165, 1.54) is 0 Å². The lowest BCUT2D eigenvalue weighted by molar-refractivity contribution is 0.0984. The van der Waals surface area contributed by atoms with Crippen LogP contribution in [0, 0.1) is 0 Å². The van der Waals surface area contributed by atoms with Crippen molar-refractivity contribution in [1.29, 1.82) is 0 Å². The van der Waals surface area contributed by atoms with E-state index in [2.05, 4.69) is 22.9 Å². The molecule has 0 radical (unpaired) electrons. The van der Waals surface area contributed by atoms with Crippen LogP contribution in [-0.2, 0) is 16.0 Å². The van der Waals surface area contributed by atoms with Gasteiger partial charge in [0.25, 0.3) is 5.91 Å². The second-order valence-electron chi connectivity index (χ2n) is 3.97. The molecule has 0 aromatic heterocycles. The molecular weight excluding hydrogens is 280 g/mol. The van der Waals surface area contributed by atoms with E-state index in [1.54, 1.807) is 31.4 Å². The Labute approximate surface area is 123 Å². The van der Waals surface area contributed by atoms with Gasteiger partial charge in [-0.3, -0.25) is 9.52 Å². The molecule has 0 aliphatic heterocycles. The monoisotopic (exact) mass is 298 g/mol. The summed E-state index contributed by atoms with van der Waals surface area (Å²) in [5, 5.41) is 2.62. The van der Waals surface area contributed by atoms with Crippen LogP contribution in [0.15, 0.2) is 24.3 Å². The minimum Gasteiger partial charge on any atom is -0.449 e. The van der Waals surface area contributed by atoms with E-state index in [4.69, 9.17) is 9.47 Å². The Morgan fingerprint density at radius 2 is 1.90 bits per heavy atom. The average molecular weight is 298 g/mol. The van der Waals surface area contributed by atoms with Crippen molar-refractivity contribution < 1.29 is 19.1 Å². The summed E-state index contributed by atoms with van der Waals surface area (Å²) in [6.45, 7) is 1.22. The third-order valence-electron chi connectivity index (χ3n) is 2.48. The summed E-state index contributed by atoms with van der Waals surface area (Å²) in [5.74, 6) is -0.273. The van der Waals surface area contributed by atoms with Crippen LogP contribution in [0.4, 0.5) is 4.79 Å². The number of thiol groups is 1. The third-order valence-corrected chi connectivity index (χ3v) is 2.68. The molecule has 0 atom stereocenters. The molecule has 2 N–H and O–H groups in total. The summed E-state index contributed by atoms with van der Waals surface area (Å²) >= 11 is 3.69. The molecule has 0 bridgehead atoms. The lowest BCUT2D eigenvalue weighted by Crippen LogP contribution is -2.24. The first-order chi connectivity index (χ1) is 9.67. The van der Waals surface area contributed by atoms with E-state index in [0.29, 0.717) is 31.7 Å². The molecule has 1 rings (SSSR count). The van der Waals surface area contributed by atoms with Crippen molar-refractivity contribution in [3.8, 4) is 0 Å². The Morgan fingerprint density at radius 3 is 2.50 bits per heavy atom. The molecular formula is C13H18N2O4S. The molecule has 1 aromatic rings. The van der Waals surface area contributed by atoms with Crippen molar-refractivity contribution >= 4 is 24.8 Å². The molecule has 0 heterocycles. The number of benzene rings is 1. The van der Waals surface area contributed by atoms with Gasteiger partial charge in [-0.1, -0.05) is 24.9 Å². The third kappa shape index (κ3) is 5.94. The quantitative estimate of drug-likeness (QED) is 0.527. The maximum Gasteiger partial charge on any atom is 0.407 e. The molecule has 0 fully saturated rings. The number of ether oxygens (including phenoxy) is 2. The summed E-state index contributed by atoms with van der Waals surface area (Å²) in [5.41, 5.74) is 1.38. The average Bonchev–Trinajstić information content (AvgIpc) is 2.49. The molecule has 7 heteroatoms. The minimum atomic E-state index is -0.474. The van der Waals surface area contributed by atoms with Crippen molar-refractivity contribution in [1.82, 2.24) is 10.0 Å². The Bertz CT molecular complexity index is 437. The molecule has 110 valence electrons. The number of alkyl carbamates (subject to hydrolysis) is 1. The van der Waals surface area contributed by atoms with Crippen LogP contribution in [0.25, 0.3) is 0 Å². The summed E-state index contributed by atoms with van der Waals surface area (Å²) in [4.78, 5) is 22.6. The molecule has 0 saturated carbocycles. The van der Waals surface area contributed by atoms with Gasteiger partial charge in [0.2, 0.25) is 0 Å². The van der Waals surface area contributed by atoms with Crippen molar-refractivity contribution in [2.24, 2.45) is 0 Å². The first kappa shape index (κ1) is 16.3. The summed E-state index contributed by atoms with van der Waals surface area (Å²) in [6, 6.07) is 6.83. The van der Waals surface area contributed by atoms with E-state index < -0.39 is 6.09 Å². The van der Waals surface area contributed by atoms with Crippen LogP contribution in [-0.4, -0.2) is 32.3 Å². The molecule has 0 unspecified atom stereocenters. The van der Waals surface area contributed by atoms with Gasteiger partial charge >= 0.3 is 6.09 Å². The fourth-order valence-electron chi connectivity index (χ4n) is 1.43. The maximum absolute atomic E-state index is 11.4. The molecule has 0 aliphatic rings. The number of carbonyl (C=O) groups excluding carboxylic acids is 2. The fraction of sp³-hybridized carbons (Fsp3) is 0.385. The highest BCUT2D eigenvalue weighted by atomic mass is 32.1. The zero-order chi connectivity index (χ0) is 14.8. The number of rotatable bonds is 7. The zero-order valence-electron chi connectivity index (χ0n) is 11.2. The molecule has 20 heavy (non-hydrogen) atoms. The lowest BCUT2D eigenvalue weighted by atomic mass is 10.1. The van der Waals surface area contributed by atoms with E-state index in [0.717, 1.165) is 5.56 Å². The number of hydrogen-bond donors (Lipinski definition) is 3. The predicted octanol–water partition coefficient (Wildman–Crippen LogP) is 1.52. The predicted molar refractivity (Wildman–Crippen MR) is 77.6 cm³/mol. The van der Waals surface area contributed by atoms with Crippen LogP contribution in [0.2, 0.25) is 0 Å². The topological polar surface area (TPSA) is 76.7 Å². The van der Waals surface area contributed by atoms with Gasteiger partial charge in [0.15, 0.2) is 0 Å². The Kier molecular flexibility index (Phi) is 7.52. The highest BCUT2D eigenvalue weighted by Crippen LogP contribution is 2.04. The van der Waals surface area contributed by atoms with Gasteiger partial charge in [0, 0.05) is 32.2 Å². The zero-order valence-corrected chi connectivity index (χ0v) is 12.1. The van der Waals surface area contributed by atoms with Gasteiger partial charge in [-0.2, -0.15) is 0 Å². The first-order valence-electron chi connectivity index (χ1n) is 6.10. The van der Waals surface area contributed by atoms with E-state index >= 15 is 0 Å². The van der Waals surface area contributed by atoms with Crippen LogP contribution < -0.4 is 10.0 Å². The number of methoxy groups -OCH3 is 1. The molecule has 0 saturated heterocycles. The molecule has 6 nitrogen and oxygen atoms in total. The number of amides is 2. The normalized spacial score (nSPS) is 9.90. The van der Waals surface area contributed by atoms with Gasteiger partial charge in [-0.25, -0.2) is 4.79 Å². The summed E-state index contributed by atoms with van der Waals surface area (Å²) in [7, 11) is 1.59. The smallest absolute Gasteiger partial charge is 0.407 e. The molecule has 0 spiro atoms. The highest BCUT2D eigenvalue weighted by molar-refractivity contribution is 7.78. The minimum absolute atomic E-state index is 0.273. The van der Waals surface area contributed by atoms with Gasteiger partial charge in [-0.05, 0) is 17.7 Å². The number of hydrogen-bond acceptors (Lipinski definition) is 5. The SMILES string of the molecule is COCCCOC(=O)NCc1ccc(C(=O)NS)cc1. The van der Waals surface area contributed by atoms with Crippen LogP contribution in [0.3, 0.4) is 0 Å². The van der Waals surface area contributed by atoms with Gasteiger partial charge < -0.3 is 14.8 Å².